The summed E-state index contributed by atoms with van der Waals surface area (Å²) in [6.45, 7) is 32.9. The third kappa shape index (κ3) is 22.1. The molecule has 0 nitrogen and oxygen atoms in total. The predicted octanol–water partition coefficient (Wildman–Crippen LogP) is 11.8. The fourth-order valence-electron chi connectivity index (χ4n) is 2.60. The molecule has 0 aliphatic heterocycles. The fraction of sp³-hybridized carbons (Fsp3) is 0.645. The van der Waals surface area contributed by atoms with Crippen LogP contribution in [0, 0.1) is 6.92 Å². The first-order valence-electron chi connectivity index (χ1n) is 13.4. The summed E-state index contributed by atoms with van der Waals surface area (Å²) in [7, 11) is 3.84. The average molecular weight is 465 g/mol. The molecule has 1 aromatic carbocycles. The second-order valence-corrected chi connectivity index (χ2v) is 7.02. The maximum atomic E-state index is 4.07. The molecule has 0 unspecified atom stereocenters. The minimum Gasteiger partial charge on any atom is -0.113 e. The number of aryl methyl sites for hydroxylation is 2. The van der Waals surface area contributed by atoms with Crippen LogP contribution < -0.4 is 0 Å². The number of hydrogen-bond acceptors (Lipinski definition) is 0. The molecule has 0 saturated heterocycles. The summed E-state index contributed by atoms with van der Waals surface area (Å²) in [5, 5.41) is 1.15. The van der Waals surface area contributed by atoms with E-state index in [-0.39, 0.29) is 0 Å². The first-order valence-corrected chi connectivity index (χ1v) is 13.9. The molecular formula is C31H61P. The molecule has 1 heteroatoms. The summed E-state index contributed by atoms with van der Waals surface area (Å²) < 4.78 is 0. The maximum Gasteiger partial charge on any atom is 0.00912 e. The molecule has 190 valence electrons. The zero-order valence-corrected chi connectivity index (χ0v) is 25.8. The number of rotatable bonds is 8. The minimum atomic E-state index is 1.09. The van der Waals surface area contributed by atoms with Crippen LogP contribution >= 0.6 is 8.86 Å². The van der Waals surface area contributed by atoms with Gasteiger partial charge in [-0.3, -0.25) is 0 Å². The van der Waals surface area contributed by atoms with Gasteiger partial charge in [0.2, 0.25) is 0 Å². The number of unbranched alkanes of at least 4 members (excludes halogenated alkanes) is 3. The fourth-order valence-corrected chi connectivity index (χ4v) is 3.23. The molecule has 0 amide bonds. The predicted molar refractivity (Wildman–Crippen MR) is 161 cm³/mol. The van der Waals surface area contributed by atoms with Gasteiger partial charge in [-0.2, -0.15) is 0 Å². The smallest absolute Gasteiger partial charge is 0.00912 e. The summed E-state index contributed by atoms with van der Waals surface area (Å²) in [5.74, 6) is 0. The Morgan fingerprint density at radius 2 is 1.34 bits per heavy atom. The van der Waals surface area contributed by atoms with E-state index in [0.29, 0.717) is 0 Å². The summed E-state index contributed by atoms with van der Waals surface area (Å²) in [5.41, 5.74) is 6.31. The van der Waals surface area contributed by atoms with E-state index in [2.05, 4.69) is 81.3 Å². The van der Waals surface area contributed by atoms with E-state index in [4.69, 9.17) is 0 Å². The Hall–Kier alpha value is -1.13. The lowest BCUT2D eigenvalue weighted by molar-refractivity contribution is 0.667. The molecule has 1 rings (SSSR count). The molecule has 0 aromatic heterocycles. The van der Waals surface area contributed by atoms with E-state index in [1.165, 1.54) is 60.8 Å². The standard InChI is InChI=1S/C20H29P.C3H8.4C2H6/c1-6-8-9-10-11-17-13-12-16(5)19(14-17)20(21)18(7-2)15(3)4;1-3-2;4*1-2/h7,12-14,21H,3,6,8-11H2,1-2,4-5H3;3H2,1-2H3;4*1-2H3/b18-7-;;;;;. The SMILES string of the molecule is C=C(C)/C(=C/C)C(=P)c1cc(CCCCCC)ccc1C.CC.CC.CC.CC.CCC. The first kappa shape index (κ1) is 41.2. The molecule has 0 aliphatic rings. The van der Waals surface area contributed by atoms with Gasteiger partial charge in [0.25, 0.3) is 0 Å². The van der Waals surface area contributed by atoms with Gasteiger partial charge in [0.15, 0.2) is 0 Å². The lowest BCUT2D eigenvalue weighted by Crippen LogP contribution is -2.05. The van der Waals surface area contributed by atoms with Crippen LogP contribution in [0.1, 0.15) is 139 Å². The van der Waals surface area contributed by atoms with Crippen molar-refractivity contribution in [3.63, 3.8) is 0 Å². The normalized spacial score (nSPS) is 8.88. The Balaban J connectivity index is -0.000000190. The van der Waals surface area contributed by atoms with Crippen LogP contribution in [0.2, 0.25) is 0 Å². The zero-order chi connectivity index (χ0) is 26.5. The van der Waals surface area contributed by atoms with Crippen molar-refractivity contribution in [1.29, 1.82) is 0 Å². The molecule has 1 aromatic rings. The van der Waals surface area contributed by atoms with Crippen molar-refractivity contribution in [3.05, 3.63) is 58.7 Å². The van der Waals surface area contributed by atoms with Crippen molar-refractivity contribution in [3.8, 4) is 0 Å². The highest BCUT2D eigenvalue weighted by Gasteiger charge is 2.10. The van der Waals surface area contributed by atoms with Gasteiger partial charge in [-0.15, -0.1) is 8.86 Å². The monoisotopic (exact) mass is 464 g/mol. The Morgan fingerprint density at radius 1 is 0.875 bits per heavy atom. The molecule has 0 N–H and O–H groups in total. The number of allylic oxidation sites excluding steroid dienone is 3. The molecule has 0 saturated carbocycles. The van der Waals surface area contributed by atoms with Crippen molar-refractivity contribution in [1.82, 2.24) is 0 Å². The van der Waals surface area contributed by atoms with E-state index in [9.17, 15) is 0 Å². The van der Waals surface area contributed by atoms with Gasteiger partial charge in [-0.25, -0.2) is 0 Å². The topological polar surface area (TPSA) is 0 Å². The van der Waals surface area contributed by atoms with Crippen LogP contribution in [0.15, 0.2) is 42.0 Å². The van der Waals surface area contributed by atoms with E-state index < -0.39 is 0 Å². The Bertz CT molecular complexity index is 550. The highest BCUT2D eigenvalue weighted by Crippen LogP contribution is 2.22. The van der Waals surface area contributed by atoms with E-state index in [0.717, 1.165) is 10.9 Å². The van der Waals surface area contributed by atoms with Gasteiger partial charge < -0.3 is 0 Å². The molecule has 0 bridgehead atoms. The minimum absolute atomic E-state index is 1.09. The molecule has 0 aliphatic carbocycles. The summed E-state index contributed by atoms with van der Waals surface area (Å²) >= 11 is 0. The van der Waals surface area contributed by atoms with Crippen LogP contribution in [0.25, 0.3) is 0 Å². The lowest BCUT2D eigenvalue weighted by Gasteiger charge is -2.14. The average Bonchev–Trinajstić information content (AvgIpc) is 2.83. The second kappa shape index (κ2) is 34.5. The highest BCUT2D eigenvalue weighted by molar-refractivity contribution is 7.23. The van der Waals surface area contributed by atoms with Gasteiger partial charge in [0.05, 0.1) is 0 Å². The number of hydrogen-bond donors (Lipinski definition) is 0. The summed E-state index contributed by atoms with van der Waals surface area (Å²) in [6, 6.07) is 6.83. The molecular weight excluding hydrogens is 403 g/mol. The zero-order valence-electron chi connectivity index (χ0n) is 24.8. The highest BCUT2D eigenvalue weighted by atomic mass is 31.0. The van der Waals surface area contributed by atoms with Gasteiger partial charge in [0, 0.05) is 5.29 Å². The summed E-state index contributed by atoms with van der Waals surface area (Å²) in [4.78, 5) is 0. The van der Waals surface area contributed by atoms with Crippen molar-refractivity contribution in [2.75, 3.05) is 0 Å². The molecule has 0 radical (unpaired) electrons. The molecule has 32 heavy (non-hydrogen) atoms. The van der Waals surface area contributed by atoms with Crippen LogP contribution in [0.3, 0.4) is 0 Å². The molecule has 0 atom stereocenters. The van der Waals surface area contributed by atoms with Crippen molar-refractivity contribution in [2.45, 2.75) is 135 Å². The van der Waals surface area contributed by atoms with E-state index >= 15 is 0 Å². The van der Waals surface area contributed by atoms with Gasteiger partial charge in [0.1, 0.15) is 0 Å². The van der Waals surface area contributed by atoms with Crippen LogP contribution in [-0.4, -0.2) is 5.29 Å². The molecule has 0 spiro atoms. The third-order valence-electron chi connectivity index (χ3n) is 3.91. The Morgan fingerprint density at radius 3 is 1.72 bits per heavy atom. The Kier molecular flexibility index (Phi) is 44.3. The van der Waals surface area contributed by atoms with Crippen LogP contribution in [0.5, 0.6) is 0 Å². The quantitative estimate of drug-likeness (QED) is 0.204. The first-order chi connectivity index (χ1) is 15.4. The van der Waals surface area contributed by atoms with Crippen LogP contribution in [0.4, 0.5) is 0 Å². The lowest BCUT2D eigenvalue weighted by atomic mass is 9.93. The molecule has 0 heterocycles. The third-order valence-corrected chi connectivity index (χ3v) is 4.45. The molecule has 0 fully saturated rings. The van der Waals surface area contributed by atoms with Crippen molar-refractivity contribution in [2.24, 2.45) is 0 Å². The maximum absolute atomic E-state index is 4.07. The summed E-state index contributed by atoms with van der Waals surface area (Å²) in [6.07, 6.45) is 9.79. The van der Waals surface area contributed by atoms with E-state index in [1.807, 2.05) is 55.4 Å². The van der Waals surface area contributed by atoms with Gasteiger partial charge in [-0.05, 0) is 55.9 Å². The Labute approximate surface area is 208 Å². The largest absolute Gasteiger partial charge is 0.113 e. The van der Waals surface area contributed by atoms with Crippen molar-refractivity contribution < 1.29 is 0 Å². The van der Waals surface area contributed by atoms with E-state index in [1.54, 1.807) is 0 Å². The van der Waals surface area contributed by atoms with Gasteiger partial charge >= 0.3 is 0 Å². The van der Waals surface area contributed by atoms with Crippen LogP contribution in [-0.2, 0) is 6.42 Å². The second-order valence-electron chi connectivity index (χ2n) is 6.52. The van der Waals surface area contributed by atoms with Crippen molar-refractivity contribution >= 4 is 14.2 Å². The number of benzene rings is 1. The van der Waals surface area contributed by atoms with Gasteiger partial charge in [-0.1, -0.05) is 138 Å².